The summed E-state index contributed by atoms with van der Waals surface area (Å²) in [6.07, 6.45) is 0. The van der Waals surface area contributed by atoms with Gasteiger partial charge in [0.15, 0.2) is 0 Å². The second-order valence-corrected chi connectivity index (χ2v) is 0. The van der Waals surface area contributed by atoms with Crippen molar-refractivity contribution in [1.29, 1.82) is 0 Å². The Morgan fingerprint density at radius 3 is 1.00 bits per heavy atom. The molecule has 0 bridgehead atoms. The summed E-state index contributed by atoms with van der Waals surface area (Å²) in [5.41, 5.74) is 0. The van der Waals surface area contributed by atoms with E-state index in [-0.39, 0.29) is 72.0 Å². The first-order valence-corrected chi connectivity index (χ1v) is 0. The van der Waals surface area contributed by atoms with E-state index in [1.807, 2.05) is 0 Å². The van der Waals surface area contributed by atoms with E-state index in [1.54, 1.807) is 0 Å². The summed E-state index contributed by atoms with van der Waals surface area (Å²) in [6, 6.07) is 0. The van der Waals surface area contributed by atoms with Crippen LogP contribution in [0.5, 0.6) is 0 Å². The second kappa shape index (κ2) is 18.9. The van der Waals surface area contributed by atoms with Crippen molar-refractivity contribution in [2.75, 3.05) is 0 Å². The van der Waals surface area contributed by atoms with E-state index in [9.17, 15) is 0 Å². The Balaban J connectivity index is 0. The molecule has 4 heteroatoms. The quantitative estimate of drug-likeness (QED) is 0.493. The molecule has 0 saturated carbocycles. The van der Waals surface area contributed by atoms with Gasteiger partial charge in [-0.2, -0.15) is 13.5 Å². The predicted molar refractivity (Wildman–Crippen MR) is 20.3 cm³/mol. The topological polar surface area (TPSA) is 0 Å². The SMILES string of the molecule is S.[AsH3].[Mo].[Zn]. The van der Waals surface area contributed by atoms with Crippen LogP contribution in [0.25, 0.3) is 0 Å². The van der Waals surface area contributed by atoms with Gasteiger partial charge in [0.2, 0.25) is 0 Å². The first-order valence-electron chi connectivity index (χ1n) is 0. The molecule has 0 rings (SSSR count). The molecule has 0 aliphatic rings. The summed E-state index contributed by atoms with van der Waals surface area (Å²) in [7, 11) is 0. The molecule has 4 heavy (non-hydrogen) atoms. The minimum Gasteiger partial charge on any atom is 0 e. The molecule has 1 atom stereocenters. The van der Waals surface area contributed by atoms with Crippen LogP contribution in [0.2, 0.25) is 0 Å². The molecule has 0 heterocycles. The largest absolute Gasteiger partial charge is 0 e. The molecule has 0 aromatic rings. The average molecular weight is 273 g/mol. The van der Waals surface area contributed by atoms with Gasteiger partial charge >= 0.3 is 18.0 Å². The predicted octanol–water partition coefficient (Wildman–Crippen LogP) is -1.08. The van der Waals surface area contributed by atoms with E-state index in [0.717, 1.165) is 0 Å². The van der Waals surface area contributed by atoms with Gasteiger partial charge in [-0.1, -0.05) is 0 Å². The van der Waals surface area contributed by atoms with Gasteiger partial charge in [-0.15, -0.1) is 0 Å². The fourth-order valence-electron chi connectivity index (χ4n) is 0. The maximum atomic E-state index is 0. The van der Waals surface area contributed by atoms with Gasteiger partial charge in [-0.3, -0.25) is 0 Å². The Labute approximate surface area is 71.3 Å². The summed E-state index contributed by atoms with van der Waals surface area (Å²) >= 11 is 0. The molecule has 0 aliphatic carbocycles. The smallest absolute Gasteiger partial charge is 0 e. The Hall–Kier alpha value is 2.22. The maximum Gasteiger partial charge on any atom is 0 e. The van der Waals surface area contributed by atoms with Crippen LogP contribution < -0.4 is 0 Å². The van der Waals surface area contributed by atoms with Crippen molar-refractivity contribution in [3.05, 3.63) is 0 Å². The van der Waals surface area contributed by atoms with Crippen molar-refractivity contribution in [3.63, 3.8) is 0 Å². The Morgan fingerprint density at radius 1 is 1.00 bits per heavy atom. The van der Waals surface area contributed by atoms with E-state index < -0.39 is 0 Å². The molecular formula is H5AsMoSZn. The monoisotopic (exact) mass is 274 g/mol. The van der Waals surface area contributed by atoms with Gasteiger partial charge in [0.1, 0.15) is 0 Å². The molecule has 0 aliphatic heterocycles. The molecule has 0 N–H and O–H groups in total. The molecule has 0 aromatic heterocycles. The molecule has 24 valence electrons. The molecule has 0 radical (unpaired) electrons. The van der Waals surface area contributed by atoms with Crippen LogP contribution in [-0.2, 0) is 40.5 Å². The van der Waals surface area contributed by atoms with E-state index in [2.05, 4.69) is 0 Å². The van der Waals surface area contributed by atoms with Gasteiger partial charge in [-0.05, 0) is 0 Å². The van der Waals surface area contributed by atoms with Crippen LogP contribution in [-0.4, -0.2) is 18.0 Å². The van der Waals surface area contributed by atoms with Crippen LogP contribution >= 0.6 is 13.5 Å². The normalized spacial score (nSPS) is 0. The third kappa shape index (κ3) is 8.88. The molecule has 0 spiro atoms. The molecule has 1 unspecified atom stereocenters. The summed E-state index contributed by atoms with van der Waals surface area (Å²) in [5.74, 6) is 0. The molecule has 0 saturated heterocycles. The van der Waals surface area contributed by atoms with Crippen LogP contribution in [0.3, 0.4) is 0 Å². The average Bonchev–Trinajstić information content (AvgIpc) is 0. The van der Waals surface area contributed by atoms with Crippen LogP contribution in [0.1, 0.15) is 0 Å². The van der Waals surface area contributed by atoms with Crippen molar-refractivity contribution in [2.24, 2.45) is 0 Å². The van der Waals surface area contributed by atoms with Gasteiger partial charge in [0.25, 0.3) is 0 Å². The zero-order valence-corrected chi connectivity index (χ0v) is 11.3. The van der Waals surface area contributed by atoms with Gasteiger partial charge in [0.05, 0.1) is 0 Å². The fourth-order valence-corrected chi connectivity index (χ4v) is 0. The summed E-state index contributed by atoms with van der Waals surface area (Å²) in [6.45, 7) is 0. The summed E-state index contributed by atoms with van der Waals surface area (Å²) in [5, 5.41) is 0. The number of hydrogen-bond donors (Lipinski definition) is 0. The van der Waals surface area contributed by atoms with Gasteiger partial charge in [-0.25, -0.2) is 0 Å². The zero-order chi connectivity index (χ0) is 0. The van der Waals surface area contributed by atoms with E-state index in [4.69, 9.17) is 0 Å². The molecular weight excluding hydrogens is 268 g/mol. The fraction of sp³-hybridized carbons (Fsp3) is 0. The van der Waals surface area contributed by atoms with Crippen LogP contribution in [0.15, 0.2) is 0 Å². The third-order valence-corrected chi connectivity index (χ3v) is 0. The van der Waals surface area contributed by atoms with Crippen molar-refractivity contribution in [1.82, 2.24) is 0 Å². The summed E-state index contributed by atoms with van der Waals surface area (Å²) < 4.78 is 0. The van der Waals surface area contributed by atoms with Crippen LogP contribution in [0.4, 0.5) is 0 Å². The Bertz CT molecular complexity index is 8.00. The minimum atomic E-state index is 0. The van der Waals surface area contributed by atoms with Crippen molar-refractivity contribution < 1.29 is 40.5 Å². The van der Waals surface area contributed by atoms with Crippen molar-refractivity contribution in [2.45, 2.75) is 0 Å². The second-order valence-electron chi connectivity index (χ2n) is 0. The van der Waals surface area contributed by atoms with Crippen molar-refractivity contribution >= 4 is 31.4 Å². The Morgan fingerprint density at radius 2 is 1.00 bits per heavy atom. The van der Waals surface area contributed by atoms with E-state index >= 15 is 0 Å². The van der Waals surface area contributed by atoms with Gasteiger partial charge < -0.3 is 0 Å². The molecule has 0 fully saturated rings. The van der Waals surface area contributed by atoms with E-state index in [1.165, 1.54) is 0 Å². The van der Waals surface area contributed by atoms with Crippen LogP contribution in [0, 0.1) is 0 Å². The number of hydrogen-bond acceptors (Lipinski definition) is 0. The standard InChI is InChI=1S/AsH3.Mo.H2S.Zn/h1H3;;1H2;. The Kier molecular flexibility index (Phi) is 162. The number of rotatable bonds is 0. The molecule has 0 nitrogen and oxygen atoms in total. The molecule has 0 amide bonds. The first kappa shape index (κ1) is 34.4. The first-order chi connectivity index (χ1) is 0. The van der Waals surface area contributed by atoms with Gasteiger partial charge in [0, 0.05) is 40.5 Å². The third-order valence-electron chi connectivity index (χ3n) is 0. The van der Waals surface area contributed by atoms with Crippen molar-refractivity contribution in [3.8, 4) is 0 Å². The maximum absolute atomic E-state index is 0. The summed E-state index contributed by atoms with van der Waals surface area (Å²) in [4.78, 5) is 0. The molecule has 0 aromatic carbocycles. The zero-order valence-electron chi connectivity index (χ0n) is 2.32. The van der Waals surface area contributed by atoms with E-state index in [0.29, 0.717) is 0 Å². The minimum absolute atomic E-state index is 0.